The Morgan fingerprint density at radius 2 is 1.43 bits per heavy atom. The Bertz CT molecular complexity index is 1580. The highest BCUT2D eigenvalue weighted by Crippen LogP contribution is 2.56. The predicted molar refractivity (Wildman–Crippen MR) is 188 cm³/mol. The van der Waals surface area contributed by atoms with E-state index in [0.717, 1.165) is 59.4 Å². The lowest BCUT2D eigenvalue weighted by molar-refractivity contribution is -0.119. The molecule has 2 aromatic carbocycles. The molecule has 8 heteroatoms. The third-order valence-electron chi connectivity index (χ3n) is 9.92. The van der Waals surface area contributed by atoms with E-state index in [4.69, 9.17) is 32.7 Å². The molecular formula is C38H44BrCl2NO4. The molecule has 1 saturated carbocycles. The van der Waals surface area contributed by atoms with Gasteiger partial charge in [0.15, 0.2) is 23.1 Å². The zero-order valence-electron chi connectivity index (χ0n) is 27.5. The molecule has 46 heavy (non-hydrogen) atoms. The van der Waals surface area contributed by atoms with Gasteiger partial charge in [-0.3, -0.25) is 9.59 Å². The number of benzene rings is 2. The van der Waals surface area contributed by atoms with Crippen molar-refractivity contribution in [2.45, 2.75) is 111 Å². The van der Waals surface area contributed by atoms with Gasteiger partial charge in [-0.1, -0.05) is 76.2 Å². The maximum Gasteiger partial charge on any atom is 0.175 e. The van der Waals surface area contributed by atoms with Crippen LogP contribution in [0.25, 0.3) is 0 Å². The molecule has 0 atom stereocenters. The van der Waals surface area contributed by atoms with E-state index in [-0.39, 0.29) is 29.0 Å². The number of hydrogen-bond acceptors (Lipinski definition) is 5. The first-order valence-electron chi connectivity index (χ1n) is 16.6. The molecule has 1 fully saturated rings. The van der Waals surface area contributed by atoms with Crippen molar-refractivity contribution in [3.05, 3.63) is 78.5 Å². The van der Waals surface area contributed by atoms with Crippen molar-refractivity contribution in [1.82, 2.24) is 4.90 Å². The molecule has 0 radical (unpaired) electrons. The summed E-state index contributed by atoms with van der Waals surface area (Å²) in [6.07, 6.45) is 8.35. The van der Waals surface area contributed by atoms with Gasteiger partial charge in [0, 0.05) is 47.3 Å². The van der Waals surface area contributed by atoms with E-state index >= 15 is 0 Å². The minimum atomic E-state index is -0.448. The van der Waals surface area contributed by atoms with Crippen LogP contribution in [0, 0.1) is 10.8 Å². The first kappa shape index (κ1) is 33.6. The molecule has 6 rings (SSSR count). The van der Waals surface area contributed by atoms with Crippen molar-refractivity contribution in [2.24, 2.45) is 10.8 Å². The molecule has 0 N–H and O–H groups in total. The molecule has 3 aliphatic carbocycles. The molecular weight excluding hydrogens is 685 g/mol. The second-order valence-corrected chi connectivity index (χ2v) is 16.7. The topological polar surface area (TPSA) is 55.8 Å². The summed E-state index contributed by atoms with van der Waals surface area (Å²) >= 11 is 16.2. The van der Waals surface area contributed by atoms with Crippen molar-refractivity contribution in [1.29, 1.82) is 0 Å². The number of nitrogens with zero attached hydrogens (tertiary/aromatic N) is 1. The first-order chi connectivity index (χ1) is 21.8. The van der Waals surface area contributed by atoms with Crippen LogP contribution in [0.5, 0.6) is 11.5 Å². The molecule has 0 bridgehead atoms. The average molecular weight is 730 g/mol. The highest BCUT2D eigenvalue weighted by molar-refractivity contribution is 9.10. The predicted octanol–water partition coefficient (Wildman–Crippen LogP) is 10.8. The van der Waals surface area contributed by atoms with Crippen molar-refractivity contribution >= 4 is 50.7 Å². The van der Waals surface area contributed by atoms with Crippen LogP contribution in [0.1, 0.15) is 109 Å². The number of Topliss-reactive ketones (excluding diaryl/α,β-unsaturated/α-hetero) is 2. The smallest absolute Gasteiger partial charge is 0.175 e. The number of carbonyl (C=O) groups excluding carboxylic acids is 2. The largest absolute Gasteiger partial charge is 0.490 e. The van der Waals surface area contributed by atoms with Crippen LogP contribution in [0.2, 0.25) is 10.0 Å². The monoisotopic (exact) mass is 727 g/mol. The van der Waals surface area contributed by atoms with Crippen LogP contribution in [0.4, 0.5) is 0 Å². The third kappa shape index (κ3) is 6.56. The van der Waals surface area contributed by atoms with Crippen LogP contribution in [0.3, 0.4) is 0 Å². The molecule has 246 valence electrons. The summed E-state index contributed by atoms with van der Waals surface area (Å²) in [5.74, 6) is 0.979. The van der Waals surface area contributed by atoms with Gasteiger partial charge < -0.3 is 14.4 Å². The Morgan fingerprint density at radius 1 is 0.826 bits per heavy atom. The number of hydrogen-bond donors (Lipinski definition) is 0. The third-order valence-corrected chi connectivity index (χ3v) is 11.3. The van der Waals surface area contributed by atoms with Gasteiger partial charge in [0.05, 0.1) is 21.1 Å². The van der Waals surface area contributed by atoms with Gasteiger partial charge in [-0.2, -0.15) is 0 Å². The summed E-state index contributed by atoms with van der Waals surface area (Å²) in [5, 5.41) is 0.958. The Hall–Kier alpha value is -2.28. The number of halogens is 3. The number of carbonyl (C=O) groups is 2. The van der Waals surface area contributed by atoms with Crippen LogP contribution in [-0.4, -0.2) is 29.1 Å². The highest BCUT2D eigenvalue weighted by Gasteiger charge is 2.50. The summed E-state index contributed by atoms with van der Waals surface area (Å²) in [6, 6.07) is 9.74. The maximum atomic E-state index is 14.3. The van der Waals surface area contributed by atoms with E-state index in [1.165, 1.54) is 19.3 Å². The van der Waals surface area contributed by atoms with Crippen molar-refractivity contribution < 1.29 is 19.1 Å². The summed E-state index contributed by atoms with van der Waals surface area (Å²) < 4.78 is 13.2. The quantitative estimate of drug-likeness (QED) is 0.284. The van der Waals surface area contributed by atoms with Crippen LogP contribution < -0.4 is 9.47 Å². The molecule has 1 aliphatic heterocycles. The van der Waals surface area contributed by atoms with E-state index in [1.54, 1.807) is 12.1 Å². The minimum Gasteiger partial charge on any atom is -0.490 e. The second kappa shape index (κ2) is 13.0. The summed E-state index contributed by atoms with van der Waals surface area (Å²) in [4.78, 5) is 31.2. The molecule has 2 aromatic rings. The Balaban J connectivity index is 1.50. The van der Waals surface area contributed by atoms with Gasteiger partial charge in [0.25, 0.3) is 0 Å². The summed E-state index contributed by atoms with van der Waals surface area (Å²) in [6.45, 7) is 11.4. The molecule has 0 spiro atoms. The molecule has 4 aliphatic rings. The van der Waals surface area contributed by atoms with Gasteiger partial charge in [-0.15, -0.1) is 0 Å². The molecule has 0 unspecified atom stereocenters. The molecule has 0 amide bonds. The number of rotatable bonds is 7. The first-order valence-corrected chi connectivity index (χ1v) is 18.2. The SMILES string of the molecule is CCOc1cc(C2C3=C(CC(C)(C)CC3=O)N(C3CCCCC3)C3=C2C(=O)CC(C)(C)C3)cc(Br)c1OCc1ccc(Cl)c(Cl)c1. The fraction of sp³-hybridized carbons (Fsp3) is 0.526. The van der Waals surface area contributed by atoms with Crippen molar-refractivity contribution in [3.8, 4) is 11.5 Å². The van der Waals surface area contributed by atoms with Crippen molar-refractivity contribution in [3.63, 3.8) is 0 Å². The molecule has 5 nitrogen and oxygen atoms in total. The second-order valence-electron chi connectivity index (χ2n) is 15.0. The molecule has 0 aromatic heterocycles. The maximum absolute atomic E-state index is 14.3. The van der Waals surface area contributed by atoms with Gasteiger partial charge in [0.1, 0.15) is 6.61 Å². The van der Waals surface area contributed by atoms with E-state index < -0.39 is 5.92 Å². The zero-order valence-corrected chi connectivity index (χ0v) is 30.6. The van der Waals surface area contributed by atoms with Gasteiger partial charge in [-0.05, 0) is 94.8 Å². The fourth-order valence-electron chi connectivity index (χ4n) is 8.05. The van der Waals surface area contributed by atoms with E-state index in [2.05, 4.69) is 48.5 Å². The molecule has 0 saturated heterocycles. The van der Waals surface area contributed by atoms with E-state index in [1.807, 2.05) is 25.1 Å². The lowest BCUT2D eigenvalue weighted by atomic mass is 9.63. The van der Waals surface area contributed by atoms with Gasteiger partial charge >= 0.3 is 0 Å². The number of allylic oxidation sites excluding steroid dienone is 4. The summed E-state index contributed by atoms with van der Waals surface area (Å²) in [7, 11) is 0. The van der Waals surface area contributed by atoms with Crippen LogP contribution >= 0.6 is 39.1 Å². The standard InChI is InChI=1S/C38H44BrCl2NO4/c1-6-45-32-16-23(15-25(39)36(32)46-21-22-12-13-26(40)27(41)14-22)33-34-28(17-37(2,3)19-30(34)43)42(24-10-8-7-9-11-24)29-18-38(4,5)20-31(44)35(29)33/h12-16,24,33H,6-11,17-21H2,1-5H3. The number of ketones is 2. The lowest BCUT2D eigenvalue weighted by Crippen LogP contribution is -2.48. The number of ether oxygens (including phenoxy) is 2. The zero-order chi connectivity index (χ0) is 33.0. The van der Waals surface area contributed by atoms with Crippen molar-refractivity contribution in [2.75, 3.05) is 6.61 Å². The average Bonchev–Trinajstić information content (AvgIpc) is 2.96. The lowest BCUT2D eigenvalue weighted by Gasteiger charge is -2.52. The highest BCUT2D eigenvalue weighted by atomic mass is 79.9. The Kier molecular flexibility index (Phi) is 9.48. The van der Waals surface area contributed by atoms with Gasteiger partial charge in [0.2, 0.25) is 0 Å². The van der Waals surface area contributed by atoms with Crippen LogP contribution in [0.15, 0.2) is 57.3 Å². The van der Waals surface area contributed by atoms with Gasteiger partial charge in [-0.25, -0.2) is 0 Å². The fourth-order valence-corrected chi connectivity index (χ4v) is 8.95. The minimum absolute atomic E-state index is 0.148. The summed E-state index contributed by atoms with van der Waals surface area (Å²) in [5.41, 5.74) is 5.32. The normalized spacial score (nSPS) is 21.8. The van der Waals surface area contributed by atoms with E-state index in [0.29, 0.717) is 51.5 Å². The van der Waals surface area contributed by atoms with Crippen LogP contribution in [-0.2, 0) is 16.2 Å². The Labute approximate surface area is 291 Å². The Morgan fingerprint density at radius 3 is 2.00 bits per heavy atom. The van der Waals surface area contributed by atoms with E-state index in [9.17, 15) is 9.59 Å². The molecule has 1 heterocycles.